The molecule has 0 radical (unpaired) electrons. The smallest absolute Gasteiger partial charge is 0.338 e. The molecule has 4 heterocycles. The first-order chi connectivity index (χ1) is 43.2. The van der Waals surface area contributed by atoms with Gasteiger partial charge in [0.2, 0.25) is 0 Å². The zero-order chi connectivity index (χ0) is 65.4. The van der Waals surface area contributed by atoms with Crippen molar-refractivity contribution < 1.29 is 95.3 Å². The molecule has 0 saturated carbocycles. The van der Waals surface area contributed by atoms with Crippen molar-refractivity contribution in [2.75, 3.05) is 13.7 Å². The molecule has 9 rings (SSSR count). The van der Waals surface area contributed by atoms with Gasteiger partial charge in [-0.25, -0.2) is 4.79 Å². The van der Waals surface area contributed by atoms with E-state index >= 15 is 0 Å². The van der Waals surface area contributed by atoms with Gasteiger partial charge in [-0.2, -0.15) is 0 Å². The Labute approximate surface area is 533 Å². The summed E-state index contributed by atoms with van der Waals surface area (Å²) in [5.74, 6) is -1.93. The van der Waals surface area contributed by atoms with Crippen LogP contribution >= 0.6 is 0 Å². The van der Waals surface area contributed by atoms with Crippen molar-refractivity contribution in [2.24, 2.45) is 16.2 Å². The second kappa shape index (κ2) is 29.5. The normalized spacial score (nSPS) is 29.5. The van der Waals surface area contributed by atoms with Gasteiger partial charge in [-0.05, 0) is 124 Å². The second-order valence-corrected chi connectivity index (χ2v) is 26.8. The van der Waals surface area contributed by atoms with Gasteiger partial charge in [-0.1, -0.05) is 121 Å². The molecular formula is C71H88O20. The quantitative estimate of drug-likeness (QED) is 0.0532. The highest BCUT2D eigenvalue weighted by molar-refractivity contribution is 5.91. The van der Waals surface area contributed by atoms with E-state index in [4.69, 9.17) is 71.1 Å². The molecule has 492 valence electrons. The largest absolute Gasteiger partial charge is 0.497 e. The number of aliphatic hydroxyl groups is 1. The molecule has 4 saturated heterocycles. The number of rotatable bonds is 21. The van der Waals surface area contributed by atoms with Crippen molar-refractivity contribution in [3.05, 3.63) is 173 Å². The van der Waals surface area contributed by atoms with Crippen molar-refractivity contribution in [1.29, 1.82) is 0 Å². The average molecular weight is 1260 g/mol. The van der Waals surface area contributed by atoms with E-state index in [1.807, 2.05) is 103 Å². The molecule has 16 atom stereocenters. The number of fused-ring (bicyclic) bond motifs is 1. The first kappa shape index (κ1) is 68.7. The third-order valence-electron chi connectivity index (χ3n) is 16.1. The lowest BCUT2D eigenvalue weighted by Crippen LogP contribution is -2.71. The molecule has 0 spiro atoms. The number of carbonyl (C=O) groups excluding carboxylic acids is 4. The average Bonchev–Trinajstić information content (AvgIpc) is 0.752. The number of esters is 4. The number of methoxy groups -OCH3 is 1. The Bertz CT molecular complexity index is 3180. The summed E-state index contributed by atoms with van der Waals surface area (Å²) in [6, 6.07) is 41.9. The summed E-state index contributed by atoms with van der Waals surface area (Å²) in [4.78, 5) is 56.9. The van der Waals surface area contributed by atoms with E-state index in [2.05, 4.69) is 0 Å². The third kappa shape index (κ3) is 17.1. The molecule has 4 aliphatic heterocycles. The van der Waals surface area contributed by atoms with Crippen molar-refractivity contribution in [2.45, 2.75) is 207 Å². The Morgan fingerprint density at radius 3 is 1.56 bits per heavy atom. The first-order valence-electron chi connectivity index (χ1n) is 30.9. The summed E-state index contributed by atoms with van der Waals surface area (Å²) < 4.78 is 98.7. The van der Waals surface area contributed by atoms with Crippen LogP contribution in [0.1, 0.15) is 128 Å². The summed E-state index contributed by atoms with van der Waals surface area (Å²) in [6.07, 6.45) is -19.4. The lowest BCUT2D eigenvalue weighted by Gasteiger charge is -2.54. The summed E-state index contributed by atoms with van der Waals surface area (Å²) in [7, 11) is 1.56. The maximum Gasteiger partial charge on any atom is 0.338 e. The van der Waals surface area contributed by atoms with E-state index in [1.165, 1.54) is 6.92 Å². The minimum absolute atomic E-state index is 0.0146. The Morgan fingerprint density at radius 2 is 0.989 bits per heavy atom. The van der Waals surface area contributed by atoms with E-state index in [-0.39, 0.29) is 38.6 Å². The maximum atomic E-state index is 14.7. The van der Waals surface area contributed by atoms with Crippen molar-refractivity contribution >= 4 is 23.9 Å². The van der Waals surface area contributed by atoms with Crippen LogP contribution < -0.4 is 4.74 Å². The molecule has 0 unspecified atom stereocenters. The predicted molar refractivity (Wildman–Crippen MR) is 329 cm³/mol. The van der Waals surface area contributed by atoms with E-state index in [9.17, 15) is 24.3 Å². The monoisotopic (exact) mass is 1260 g/mol. The molecular weight excluding hydrogens is 1170 g/mol. The molecule has 0 aromatic heterocycles. The van der Waals surface area contributed by atoms with E-state index in [1.54, 1.807) is 120 Å². The van der Waals surface area contributed by atoms with Gasteiger partial charge in [-0.3, -0.25) is 14.4 Å². The number of ether oxygens (including phenoxy) is 15. The van der Waals surface area contributed by atoms with Crippen molar-refractivity contribution in [3.8, 4) is 5.75 Å². The number of carbonyl (C=O) groups is 4. The van der Waals surface area contributed by atoms with E-state index in [0.717, 1.165) is 11.1 Å². The van der Waals surface area contributed by atoms with Crippen LogP contribution in [0.4, 0.5) is 0 Å². The van der Waals surface area contributed by atoms with E-state index in [0.29, 0.717) is 22.4 Å². The standard InChI is InChI=1S/C71H88O20/c1-42-52(78-37-44-25-17-14-18-26-44)55(86-62-56(88-66(74)69(6,7)8)54(79-38-46-33-35-49(77-13)36-34-46)53(43(2)84-62)87-65(73)68(3,4)5)57(89-67(75)70(9,10)11)63(83-42)91-59-64(85-51-41-82-61(47-29-21-16-22-30-47)90-58(51)71(59,12)76)81-40-48-31-23-24-32-50(48)60(72)80-39-45-27-19-15-20-28-45/h14-36,42-43,51-59,61-64,76H,37-41H2,1-13H3/t42-,43+,51-,52-,53+,54-,55+,56-,57+,58-,59-,61-,62+,63-,64+,71+/m1/s1. The minimum atomic E-state index is -2.04. The molecule has 91 heavy (non-hydrogen) atoms. The van der Waals surface area contributed by atoms with Gasteiger partial charge >= 0.3 is 23.9 Å². The fraction of sp³-hybridized carbons (Fsp3) is 0.521. The van der Waals surface area contributed by atoms with Crippen LogP contribution in [0.15, 0.2) is 140 Å². The summed E-state index contributed by atoms with van der Waals surface area (Å²) in [5, 5.41) is 13.3. The second-order valence-electron chi connectivity index (χ2n) is 26.8. The number of hydrogen-bond donors (Lipinski definition) is 1. The maximum absolute atomic E-state index is 14.7. The first-order valence-corrected chi connectivity index (χ1v) is 30.9. The zero-order valence-electron chi connectivity index (χ0n) is 54.2. The van der Waals surface area contributed by atoms with Gasteiger partial charge in [0.25, 0.3) is 0 Å². The van der Waals surface area contributed by atoms with Gasteiger partial charge in [0.1, 0.15) is 54.6 Å². The van der Waals surface area contributed by atoms with Gasteiger partial charge in [0, 0.05) is 5.56 Å². The highest BCUT2D eigenvalue weighted by Gasteiger charge is 2.62. The molecule has 20 heteroatoms. The molecule has 1 N–H and O–H groups in total. The van der Waals surface area contributed by atoms with Crippen LogP contribution in [0.25, 0.3) is 0 Å². The highest BCUT2D eigenvalue weighted by atomic mass is 16.8. The third-order valence-corrected chi connectivity index (χ3v) is 16.1. The molecule has 20 nitrogen and oxygen atoms in total. The van der Waals surface area contributed by atoms with Gasteiger partial charge in [0.05, 0.1) is 67.6 Å². The summed E-state index contributed by atoms with van der Waals surface area (Å²) >= 11 is 0. The van der Waals surface area contributed by atoms with Crippen LogP contribution in [0.3, 0.4) is 0 Å². The Kier molecular flexibility index (Phi) is 22.3. The highest BCUT2D eigenvalue weighted by Crippen LogP contribution is 2.44. The van der Waals surface area contributed by atoms with Crippen LogP contribution in [-0.4, -0.2) is 134 Å². The van der Waals surface area contributed by atoms with Crippen LogP contribution in [-0.2, 0) is 107 Å². The fourth-order valence-corrected chi connectivity index (χ4v) is 10.8. The molecule has 0 bridgehead atoms. The molecule has 5 aromatic rings. The van der Waals surface area contributed by atoms with Crippen LogP contribution in [0.5, 0.6) is 5.75 Å². The lowest BCUT2D eigenvalue weighted by atomic mass is 9.84. The van der Waals surface area contributed by atoms with Crippen LogP contribution in [0, 0.1) is 16.2 Å². The molecule has 4 aliphatic rings. The topological polar surface area (TPSA) is 227 Å². The Morgan fingerprint density at radius 1 is 0.505 bits per heavy atom. The van der Waals surface area contributed by atoms with Crippen molar-refractivity contribution in [1.82, 2.24) is 0 Å². The summed E-state index contributed by atoms with van der Waals surface area (Å²) in [5.41, 5.74) is -1.63. The number of hydrogen-bond acceptors (Lipinski definition) is 20. The zero-order valence-corrected chi connectivity index (χ0v) is 54.2. The fourth-order valence-electron chi connectivity index (χ4n) is 10.8. The van der Waals surface area contributed by atoms with E-state index < -0.39 is 138 Å². The molecule has 0 amide bonds. The predicted octanol–water partition coefficient (Wildman–Crippen LogP) is 10.5. The van der Waals surface area contributed by atoms with Gasteiger partial charge < -0.3 is 76.2 Å². The molecule has 4 fully saturated rings. The summed E-state index contributed by atoms with van der Waals surface area (Å²) in [6.45, 7) is 19.9. The van der Waals surface area contributed by atoms with Crippen molar-refractivity contribution in [3.63, 3.8) is 0 Å². The Balaban J connectivity index is 1.12. The SMILES string of the molecule is COc1ccc(CO[C@@H]2[C@@H](OC(=O)C(C)(C)C)[C@H](C)O[C@@H](O[C@@H]3[C@H](OC(=O)C(C)(C)C)[C@@H](O[C@@H]4[C@@H](OCc5ccccc5C(=O)OCc5ccccc5)O[C@@H]5CO[C@@H](c6ccccc6)O[C@H]5[C@]4(C)O)O[C@H](C)[C@H]3OCc3ccccc3)[C@@H]2OC(=O)C(C)(C)C)cc1. The minimum Gasteiger partial charge on any atom is -0.497 e. The molecule has 0 aliphatic carbocycles. The Hall–Kier alpha value is -6.66. The number of benzene rings is 5. The van der Waals surface area contributed by atoms with Crippen LogP contribution in [0.2, 0.25) is 0 Å². The molecule has 5 aromatic carbocycles. The lowest BCUT2D eigenvalue weighted by molar-refractivity contribution is -0.418. The van der Waals surface area contributed by atoms with Gasteiger partial charge in [0.15, 0.2) is 43.5 Å². The van der Waals surface area contributed by atoms with Gasteiger partial charge in [-0.15, -0.1) is 0 Å².